The van der Waals surface area contributed by atoms with Gasteiger partial charge in [-0.25, -0.2) is 0 Å². The fraction of sp³-hybridized carbons (Fsp3) is 0.143. The SMILES string of the molecule is Cc1nn(C)cc1-c1noc(N)c1-c1ccc(Cl)cc1. The lowest BCUT2D eigenvalue weighted by Gasteiger charge is -2.02. The Kier molecular flexibility index (Phi) is 2.99. The molecule has 0 saturated heterocycles. The second kappa shape index (κ2) is 4.68. The van der Waals surface area contributed by atoms with Crippen LogP contribution in [0.1, 0.15) is 5.69 Å². The van der Waals surface area contributed by atoms with E-state index in [-0.39, 0.29) is 5.88 Å². The molecule has 3 rings (SSSR count). The average Bonchev–Trinajstić information content (AvgIpc) is 2.93. The number of benzene rings is 1. The Balaban J connectivity index is 2.19. The first-order valence-corrected chi connectivity index (χ1v) is 6.45. The molecule has 0 aliphatic carbocycles. The van der Waals surface area contributed by atoms with Crippen LogP contribution in [0, 0.1) is 6.92 Å². The molecule has 2 heterocycles. The molecule has 0 amide bonds. The van der Waals surface area contributed by atoms with E-state index in [0.29, 0.717) is 10.7 Å². The fourth-order valence-electron chi connectivity index (χ4n) is 2.21. The highest BCUT2D eigenvalue weighted by molar-refractivity contribution is 6.30. The third kappa shape index (κ3) is 2.06. The lowest BCUT2D eigenvalue weighted by atomic mass is 10.0. The molecule has 0 bridgehead atoms. The molecule has 0 aliphatic heterocycles. The minimum atomic E-state index is 0.283. The van der Waals surface area contributed by atoms with Crippen LogP contribution in [0.25, 0.3) is 22.4 Å². The maximum Gasteiger partial charge on any atom is 0.230 e. The van der Waals surface area contributed by atoms with Crippen molar-refractivity contribution in [2.24, 2.45) is 7.05 Å². The predicted octanol–water partition coefficient (Wildman–Crippen LogP) is 3.29. The van der Waals surface area contributed by atoms with E-state index in [4.69, 9.17) is 21.9 Å². The number of halogens is 1. The van der Waals surface area contributed by atoms with Crippen LogP contribution in [-0.4, -0.2) is 14.9 Å². The van der Waals surface area contributed by atoms with E-state index in [0.717, 1.165) is 22.4 Å². The zero-order valence-electron chi connectivity index (χ0n) is 11.1. The molecule has 0 aliphatic rings. The molecule has 102 valence electrons. The summed E-state index contributed by atoms with van der Waals surface area (Å²) < 4.78 is 6.89. The van der Waals surface area contributed by atoms with Gasteiger partial charge in [0.1, 0.15) is 5.69 Å². The van der Waals surface area contributed by atoms with E-state index < -0.39 is 0 Å². The lowest BCUT2D eigenvalue weighted by molar-refractivity contribution is 0.439. The second-order valence-electron chi connectivity index (χ2n) is 4.58. The van der Waals surface area contributed by atoms with Gasteiger partial charge in [-0.2, -0.15) is 5.10 Å². The van der Waals surface area contributed by atoms with E-state index in [1.165, 1.54) is 0 Å². The van der Waals surface area contributed by atoms with Gasteiger partial charge in [0.05, 0.1) is 11.3 Å². The van der Waals surface area contributed by atoms with Crippen LogP contribution < -0.4 is 5.73 Å². The Morgan fingerprint density at radius 1 is 1.25 bits per heavy atom. The van der Waals surface area contributed by atoms with Gasteiger partial charge >= 0.3 is 0 Å². The molecule has 2 aromatic heterocycles. The summed E-state index contributed by atoms with van der Waals surface area (Å²) in [6.07, 6.45) is 1.89. The molecule has 0 radical (unpaired) electrons. The zero-order valence-corrected chi connectivity index (χ0v) is 11.8. The maximum atomic E-state index is 5.92. The Morgan fingerprint density at radius 3 is 2.55 bits per heavy atom. The number of nitrogens with zero attached hydrogens (tertiary/aromatic N) is 3. The van der Waals surface area contributed by atoms with Crippen LogP contribution in [0.3, 0.4) is 0 Å². The number of nitrogen functional groups attached to an aromatic ring is 1. The number of aryl methyl sites for hydroxylation is 2. The molecule has 0 unspecified atom stereocenters. The Labute approximate surface area is 120 Å². The summed E-state index contributed by atoms with van der Waals surface area (Å²) in [5.41, 5.74) is 10.0. The van der Waals surface area contributed by atoms with E-state index >= 15 is 0 Å². The molecule has 5 nitrogen and oxygen atoms in total. The molecular formula is C14H13ClN4O. The van der Waals surface area contributed by atoms with Gasteiger partial charge < -0.3 is 10.3 Å². The third-order valence-corrected chi connectivity index (χ3v) is 3.37. The van der Waals surface area contributed by atoms with Crippen molar-refractivity contribution < 1.29 is 4.52 Å². The number of nitrogens with two attached hydrogens (primary N) is 1. The summed E-state index contributed by atoms with van der Waals surface area (Å²) in [6.45, 7) is 1.92. The first-order chi connectivity index (χ1) is 9.56. The average molecular weight is 289 g/mol. The zero-order chi connectivity index (χ0) is 14.3. The van der Waals surface area contributed by atoms with E-state index in [1.807, 2.05) is 44.4 Å². The van der Waals surface area contributed by atoms with Crippen LogP contribution in [-0.2, 0) is 7.05 Å². The quantitative estimate of drug-likeness (QED) is 0.785. The Bertz CT molecular complexity index is 758. The van der Waals surface area contributed by atoms with Crippen molar-refractivity contribution in [2.75, 3.05) is 5.73 Å². The number of aromatic nitrogens is 3. The van der Waals surface area contributed by atoms with E-state index in [9.17, 15) is 0 Å². The minimum absolute atomic E-state index is 0.283. The van der Waals surface area contributed by atoms with Crippen molar-refractivity contribution in [1.82, 2.24) is 14.9 Å². The first-order valence-electron chi connectivity index (χ1n) is 6.08. The van der Waals surface area contributed by atoms with Gasteiger partial charge in [0.15, 0.2) is 0 Å². The van der Waals surface area contributed by atoms with Crippen molar-refractivity contribution in [1.29, 1.82) is 0 Å². The highest BCUT2D eigenvalue weighted by Crippen LogP contribution is 2.37. The van der Waals surface area contributed by atoms with Gasteiger partial charge in [-0.05, 0) is 24.6 Å². The van der Waals surface area contributed by atoms with Crippen LogP contribution in [0.2, 0.25) is 5.02 Å². The molecule has 0 fully saturated rings. The Morgan fingerprint density at radius 2 is 1.95 bits per heavy atom. The predicted molar refractivity (Wildman–Crippen MR) is 78.3 cm³/mol. The summed E-state index contributed by atoms with van der Waals surface area (Å²) >= 11 is 5.91. The largest absolute Gasteiger partial charge is 0.367 e. The molecule has 6 heteroatoms. The van der Waals surface area contributed by atoms with Crippen molar-refractivity contribution in [2.45, 2.75) is 6.92 Å². The highest BCUT2D eigenvalue weighted by Gasteiger charge is 2.20. The number of rotatable bonds is 2. The van der Waals surface area contributed by atoms with Gasteiger partial charge in [-0.1, -0.05) is 28.9 Å². The minimum Gasteiger partial charge on any atom is -0.367 e. The smallest absolute Gasteiger partial charge is 0.230 e. The van der Waals surface area contributed by atoms with Crippen LogP contribution >= 0.6 is 11.6 Å². The highest BCUT2D eigenvalue weighted by atomic mass is 35.5. The molecule has 2 N–H and O–H groups in total. The van der Waals surface area contributed by atoms with E-state index in [1.54, 1.807) is 4.68 Å². The normalized spacial score (nSPS) is 10.9. The molecule has 20 heavy (non-hydrogen) atoms. The molecule has 1 aromatic carbocycles. The topological polar surface area (TPSA) is 69.9 Å². The standard InChI is InChI=1S/C14H13ClN4O/c1-8-11(7-19(2)17-8)13-12(14(16)20-18-13)9-3-5-10(15)6-4-9/h3-7H,16H2,1-2H3. The van der Waals surface area contributed by atoms with Crippen molar-refractivity contribution in [3.8, 4) is 22.4 Å². The summed E-state index contributed by atoms with van der Waals surface area (Å²) in [4.78, 5) is 0. The van der Waals surface area contributed by atoms with Crippen molar-refractivity contribution in [3.05, 3.63) is 41.2 Å². The Hall–Kier alpha value is -2.27. The summed E-state index contributed by atoms with van der Waals surface area (Å²) in [5, 5.41) is 9.06. The third-order valence-electron chi connectivity index (χ3n) is 3.12. The van der Waals surface area contributed by atoms with Crippen LogP contribution in [0.15, 0.2) is 35.0 Å². The maximum absolute atomic E-state index is 5.92. The molecule has 0 spiro atoms. The number of anilines is 1. The molecule has 0 atom stereocenters. The fourth-order valence-corrected chi connectivity index (χ4v) is 2.34. The molecular weight excluding hydrogens is 276 g/mol. The summed E-state index contributed by atoms with van der Waals surface area (Å²) in [7, 11) is 1.86. The molecule has 3 aromatic rings. The lowest BCUT2D eigenvalue weighted by Crippen LogP contribution is -1.88. The summed E-state index contributed by atoms with van der Waals surface area (Å²) in [5.74, 6) is 0.283. The van der Waals surface area contributed by atoms with Gasteiger partial charge in [-0.15, -0.1) is 0 Å². The van der Waals surface area contributed by atoms with Gasteiger partial charge in [0, 0.05) is 23.8 Å². The van der Waals surface area contributed by atoms with Crippen molar-refractivity contribution in [3.63, 3.8) is 0 Å². The monoisotopic (exact) mass is 288 g/mol. The first kappa shape index (κ1) is 12.7. The second-order valence-corrected chi connectivity index (χ2v) is 5.02. The number of hydrogen-bond donors (Lipinski definition) is 1. The molecule has 0 saturated carbocycles. The number of hydrogen-bond acceptors (Lipinski definition) is 4. The summed E-state index contributed by atoms with van der Waals surface area (Å²) in [6, 6.07) is 7.40. The van der Waals surface area contributed by atoms with Gasteiger partial charge in [-0.3, -0.25) is 4.68 Å². The van der Waals surface area contributed by atoms with Gasteiger partial charge in [0.25, 0.3) is 0 Å². The van der Waals surface area contributed by atoms with E-state index in [2.05, 4.69) is 10.3 Å². The van der Waals surface area contributed by atoms with Gasteiger partial charge in [0.2, 0.25) is 5.88 Å². The van der Waals surface area contributed by atoms with Crippen LogP contribution in [0.5, 0.6) is 0 Å². The van der Waals surface area contributed by atoms with Crippen LogP contribution in [0.4, 0.5) is 5.88 Å². The van der Waals surface area contributed by atoms with Crippen molar-refractivity contribution >= 4 is 17.5 Å².